The zero-order valence-corrected chi connectivity index (χ0v) is 11.6. The summed E-state index contributed by atoms with van der Waals surface area (Å²) >= 11 is 0. The summed E-state index contributed by atoms with van der Waals surface area (Å²) in [5.74, 6) is 2.78. The van der Waals surface area contributed by atoms with Gasteiger partial charge in [-0.05, 0) is 37.3 Å². The highest BCUT2D eigenvalue weighted by molar-refractivity contribution is 7.90. The Kier molecular flexibility index (Phi) is 3.82. The monoisotopic (exact) mass is 272 g/mol. The zero-order chi connectivity index (χ0) is 13.3. The highest BCUT2D eigenvalue weighted by Gasteiger charge is 2.36. The molecular formula is C13H20O4S. The average Bonchev–Trinajstić information content (AvgIpc) is 2.79. The fraction of sp³-hybridized carbons (Fsp3) is 0.692. The fourth-order valence-corrected chi connectivity index (χ4v) is 2.84. The Hall–Kier alpha value is -0.810. The molecule has 0 bridgehead atoms. The van der Waals surface area contributed by atoms with E-state index in [1.165, 1.54) is 6.26 Å². The predicted molar refractivity (Wildman–Crippen MR) is 69.1 cm³/mol. The van der Waals surface area contributed by atoms with E-state index >= 15 is 0 Å². The third-order valence-corrected chi connectivity index (χ3v) is 4.47. The molecule has 3 atom stereocenters. The van der Waals surface area contributed by atoms with Crippen molar-refractivity contribution in [3.8, 4) is 0 Å². The number of furan rings is 1. The summed E-state index contributed by atoms with van der Waals surface area (Å²) < 4.78 is 27.6. The van der Waals surface area contributed by atoms with Gasteiger partial charge in [0.1, 0.15) is 27.5 Å². The van der Waals surface area contributed by atoms with E-state index in [1.54, 1.807) is 6.07 Å². The first-order valence-electron chi connectivity index (χ1n) is 6.32. The molecule has 1 fully saturated rings. The lowest BCUT2D eigenvalue weighted by molar-refractivity contribution is 0.137. The van der Waals surface area contributed by atoms with Crippen LogP contribution in [0.2, 0.25) is 0 Å². The molecule has 0 aliphatic heterocycles. The second-order valence-electron chi connectivity index (χ2n) is 5.35. The van der Waals surface area contributed by atoms with Gasteiger partial charge in [0.2, 0.25) is 0 Å². The molecule has 1 aromatic rings. The quantitative estimate of drug-likeness (QED) is 0.862. The molecule has 5 heteroatoms. The summed E-state index contributed by atoms with van der Waals surface area (Å²) in [5, 5.41) is 9.91. The van der Waals surface area contributed by atoms with Gasteiger partial charge in [0, 0.05) is 17.9 Å². The second-order valence-corrected chi connectivity index (χ2v) is 7.61. The molecule has 1 N–H and O–H groups in total. The normalized spacial score (nSPS) is 25.1. The summed E-state index contributed by atoms with van der Waals surface area (Å²) in [4.78, 5) is 0. The summed E-state index contributed by atoms with van der Waals surface area (Å²) in [5.41, 5.74) is 0. The maximum Gasteiger partial charge on any atom is 0.147 e. The molecule has 1 heterocycles. The summed E-state index contributed by atoms with van der Waals surface area (Å²) in [7, 11) is -2.95. The molecule has 4 nitrogen and oxygen atoms in total. The third kappa shape index (κ3) is 3.59. The molecule has 0 aromatic carbocycles. The number of hydrogen-bond acceptors (Lipinski definition) is 4. The van der Waals surface area contributed by atoms with Crippen molar-refractivity contribution in [1.82, 2.24) is 0 Å². The van der Waals surface area contributed by atoms with Gasteiger partial charge in [-0.1, -0.05) is 6.92 Å². The van der Waals surface area contributed by atoms with Gasteiger partial charge in [-0.2, -0.15) is 0 Å². The molecule has 1 aromatic heterocycles. The van der Waals surface area contributed by atoms with Crippen molar-refractivity contribution >= 4 is 9.84 Å². The van der Waals surface area contributed by atoms with Crippen LogP contribution in [0.5, 0.6) is 0 Å². The Morgan fingerprint density at radius 2 is 2.17 bits per heavy atom. The predicted octanol–water partition coefficient (Wildman–Crippen LogP) is 2.26. The van der Waals surface area contributed by atoms with Crippen LogP contribution in [0.3, 0.4) is 0 Å². The average molecular weight is 272 g/mol. The van der Waals surface area contributed by atoms with Crippen molar-refractivity contribution in [2.24, 2.45) is 5.92 Å². The number of rotatable bonds is 6. The summed E-state index contributed by atoms with van der Waals surface area (Å²) in [6.45, 7) is 2.18. The van der Waals surface area contributed by atoms with Crippen LogP contribution in [0.1, 0.15) is 49.7 Å². The number of aliphatic hydroxyl groups is 1. The van der Waals surface area contributed by atoms with E-state index in [0.29, 0.717) is 30.4 Å². The Labute approximate surface area is 108 Å². The van der Waals surface area contributed by atoms with Crippen LogP contribution >= 0.6 is 0 Å². The summed E-state index contributed by atoms with van der Waals surface area (Å²) in [6, 6.07) is 3.72. The third-order valence-electron chi connectivity index (χ3n) is 3.44. The molecule has 102 valence electrons. The molecule has 1 aliphatic carbocycles. The van der Waals surface area contributed by atoms with Crippen LogP contribution < -0.4 is 0 Å². The first kappa shape index (κ1) is 13.6. The lowest BCUT2D eigenvalue weighted by Crippen LogP contribution is -2.05. The van der Waals surface area contributed by atoms with E-state index in [-0.39, 0.29) is 5.75 Å². The van der Waals surface area contributed by atoms with Crippen molar-refractivity contribution in [2.75, 3.05) is 12.0 Å². The van der Waals surface area contributed by atoms with Crippen LogP contribution in [0, 0.1) is 5.92 Å². The molecule has 0 radical (unpaired) electrons. The molecule has 1 saturated carbocycles. The van der Waals surface area contributed by atoms with Gasteiger partial charge in [-0.15, -0.1) is 0 Å². The topological polar surface area (TPSA) is 67.5 Å². The highest BCUT2D eigenvalue weighted by atomic mass is 32.2. The van der Waals surface area contributed by atoms with E-state index in [4.69, 9.17) is 4.42 Å². The van der Waals surface area contributed by atoms with Crippen LogP contribution in [-0.2, 0) is 9.84 Å². The summed E-state index contributed by atoms with van der Waals surface area (Å²) in [6.07, 6.45) is 2.53. The van der Waals surface area contributed by atoms with Gasteiger partial charge in [0.25, 0.3) is 0 Å². The molecule has 0 saturated heterocycles. The largest absolute Gasteiger partial charge is 0.463 e. The van der Waals surface area contributed by atoms with E-state index < -0.39 is 15.9 Å². The Morgan fingerprint density at radius 1 is 1.50 bits per heavy atom. The Bertz CT molecular complexity index is 503. The van der Waals surface area contributed by atoms with Crippen molar-refractivity contribution in [3.63, 3.8) is 0 Å². The fourth-order valence-electron chi connectivity index (χ4n) is 2.15. The van der Waals surface area contributed by atoms with Gasteiger partial charge in [0.05, 0.1) is 0 Å². The van der Waals surface area contributed by atoms with Gasteiger partial charge in [0.15, 0.2) is 0 Å². The SMILES string of the molecule is CC1CC1c1ccc(C(O)CCCS(C)(=O)=O)o1. The number of aliphatic hydroxyl groups excluding tert-OH is 1. The van der Waals surface area contributed by atoms with Crippen molar-refractivity contribution in [3.05, 3.63) is 23.7 Å². The van der Waals surface area contributed by atoms with Crippen molar-refractivity contribution < 1.29 is 17.9 Å². The first-order chi connectivity index (χ1) is 8.37. The van der Waals surface area contributed by atoms with Crippen molar-refractivity contribution in [1.29, 1.82) is 0 Å². The smallest absolute Gasteiger partial charge is 0.147 e. The maximum absolute atomic E-state index is 11.0. The standard InChI is InChI=1S/C13H20O4S/c1-9-8-10(9)12-5-6-13(17-12)11(14)4-3-7-18(2,15)16/h5-6,9-11,14H,3-4,7-8H2,1-2H3. The highest BCUT2D eigenvalue weighted by Crippen LogP contribution is 2.47. The molecule has 3 unspecified atom stereocenters. The van der Waals surface area contributed by atoms with Crippen LogP contribution in [0.25, 0.3) is 0 Å². The van der Waals surface area contributed by atoms with E-state index in [1.807, 2.05) is 6.07 Å². The van der Waals surface area contributed by atoms with Crippen LogP contribution in [0.15, 0.2) is 16.5 Å². The van der Waals surface area contributed by atoms with E-state index in [2.05, 4.69) is 6.92 Å². The van der Waals surface area contributed by atoms with Gasteiger partial charge < -0.3 is 9.52 Å². The zero-order valence-electron chi connectivity index (χ0n) is 10.8. The van der Waals surface area contributed by atoms with Crippen LogP contribution in [0.4, 0.5) is 0 Å². The maximum atomic E-state index is 11.0. The number of sulfone groups is 1. The second kappa shape index (κ2) is 5.05. The minimum Gasteiger partial charge on any atom is -0.463 e. The van der Waals surface area contributed by atoms with E-state index in [9.17, 15) is 13.5 Å². The Balaban J connectivity index is 1.85. The van der Waals surface area contributed by atoms with Gasteiger partial charge in [-0.3, -0.25) is 0 Å². The Morgan fingerprint density at radius 3 is 2.72 bits per heavy atom. The molecule has 0 amide bonds. The lowest BCUT2D eigenvalue weighted by Gasteiger charge is -2.06. The van der Waals surface area contributed by atoms with Crippen molar-refractivity contribution in [2.45, 2.75) is 38.2 Å². The van der Waals surface area contributed by atoms with Gasteiger partial charge in [-0.25, -0.2) is 8.42 Å². The molecule has 2 rings (SSSR count). The van der Waals surface area contributed by atoms with Crippen LogP contribution in [-0.4, -0.2) is 25.5 Å². The molecule has 1 aliphatic rings. The lowest BCUT2D eigenvalue weighted by atomic mass is 10.2. The molecular weight excluding hydrogens is 252 g/mol. The number of hydrogen-bond donors (Lipinski definition) is 1. The first-order valence-corrected chi connectivity index (χ1v) is 8.38. The minimum atomic E-state index is -2.95. The molecule has 18 heavy (non-hydrogen) atoms. The van der Waals surface area contributed by atoms with Gasteiger partial charge >= 0.3 is 0 Å². The van der Waals surface area contributed by atoms with E-state index in [0.717, 1.165) is 12.2 Å². The molecule has 0 spiro atoms. The minimum absolute atomic E-state index is 0.108.